The lowest BCUT2D eigenvalue weighted by molar-refractivity contribution is -0.126. The number of nitrogens with two attached hydrogens (primary N) is 1. The van der Waals surface area contributed by atoms with Crippen molar-refractivity contribution in [1.82, 2.24) is 4.98 Å². The molecule has 2 N–H and O–H groups in total. The van der Waals surface area contributed by atoms with Crippen LogP contribution in [0.15, 0.2) is 18.3 Å². The minimum absolute atomic E-state index is 0.0826. The second-order valence-electron chi connectivity index (χ2n) is 5.69. The van der Waals surface area contributed by atoms with Gasteiger partial charge in [-0.1, -0.05) is 25.7 Å². The first-order valence-electron chi connectivity index (χ1n) is 6.92. The summed E-state index contributed by atoms with van der Waals surface area (Å²) in [6.07, 6.45) is 1.76. The van der Waals surface area contributed by atoms with Gasteiger partial charge in [-0.2, -0.15) is 0 Å². The van der Waals surface area contributed by atoms with Crippen molar-refractivity contribution in [2.24, 2.45) is 17.1 Å². The van der Waals surface area contributed by atoms with Crippen molar-refractivity contribution >= 4 is 17.6 Å². The molecule has 1 atom stereocenters. The van der Waals surface area contributed by atoms with Crippen molar-refractivity contribution in [2.75, 3.05) is 11.4 Å². The summed E-state index contributed by atoms with van der Waals surface area (Å²) in [5.41, 5.74) is 5.36. The molecule has 2 rings (SSSR count). The van der Waals surface area contributed by atoms with Crippen molar-refractivity contribution in [1.29, 1.82) is 0 Å². The zero-order chi connectivity index (χ0) is 15.6. The molecule has 1 aromatic rings. The van der Waals surface area contributed by atoms with Crippen LogP contribution in [0.3, 0.4) is 0 Å². The average Bonchev–Trinajstić information content (AvgIpc) is 2.68. The van der Waals surface area contributed by atoms with Gasteiger partial charge in [0.05, 0.1) is 12.0 Å². The fraction of sp³-hybridized carbons (Fsp3) is 0.438. The zero-order valence-electron chi connectivity index (χ0n) is 12.5. The Morgan fingerprint density at radius 1 is 1.48 bits per heavy atom. The number of imide groups is 1. The van der Waals surface area contributed by atoms with E-state index in [1.807, 2.05) is 20.8 Å². The molecule has 5 heteroatoms. The normalized spacial score (nSPS) is 21.7. The Labute approximate surface area is 124 Å². The Hall–Kier alpha value is -2.19. The van der Waals surface area contributed by atoms with Crippen LogP contribution in [0, 0.1) is 23.2 Å². The summed E-state index contributed by atoms with van der Waals surface area (Å²) in [6.45, 7) is 5.98. The van der Waals surface area contributed by atoms with Gasteiger partial charge in [-0.05, 0) is 25.0 Å². The van der Waals surface area contributed by atoms with Crippen LogP contribution in [-0.2, 0) is 9.59 Å². The van der Waals surface area contributed by atoms with Gasteiger partial charge in [0, 0.05) is 18.2 Å². The van der Waals surface area contributed by atoms with Crippen LogP contribution in [0.2, 0.25) is 0 Å². The first-order chi connectivity index (χ1) is 9.90. The van der Waals surface area contributed by atoms with Gasteiger partial charge in [0.1, 0.15) is 5.82 Å². The lowest BCUT2D eigenvalue weighted by Gasteiger charge is -2.25. The molecule has 0 aliphatic carbocycles. The number of carbonyl (C=O) groups is 2. The van der Waals surface area contributed by atoms with Crippen LogP contribution < -0.4 is 10.6 Å². The van der Waals surface area contributed by atoms with Gasteiger partial charge >= 0.3 is 0 Å². The molecule has 0 bridgehead atoms. The van der Waals surface area contributed by atoms with E-state index in [2.05, 4.69) is 16.8 Å². The summed E-state index contributed by atoms with van der Waals surface area (Å²) in [4.78, 5) is 30.2. The lowest BCUT2D eigenvalue weighted by atomic mass is 9.78. The molecular weight excluding hydrogens is 266 g/mol. The Balaban J connectivity index is 2.39. The van der Waals surface area contributed by atoms with Crippen molar-refractivity contribution in [3.05, 3.63) is 23.9 Å². The Morgan fingerprint density at radius 3 is 2.76 bits per heavy atom. The SMILES string of the molecule is CC(C)C1(C)CC(=O)N(c2cc(C#CCN)ccn2)C1=O. The molecule has 1 aromatic heterocycles. The number of carbonyl (C=O) groups excluding carboxylic acids is 2. The highest BCUT2D eigenvalue weighted by molar-refractivity contribution is 6.22. The van der Waals surface area contributed by atoms with E-state index in [1.54, 1.807) is 18.3 Å². The van der Waals surface area contributed by atoms with Gasteiger partial charge in [0.15, 0.2) is 0 Å². The maximum absolute atomic E-state index is 12.6. The van der Waals surface area contributed by atoms with Crippen molar-refractivity contribution in [3.63, 3.8) is 0 Å². The monoisotopic (exact) mass is 285 g/mol. The number of nitrogens with zero attached hydrogens (tertiary/aromatic N) is 2. The van der Waals surface area contributed by atoms with Gasteiger partial charge in [0.25, 0.3) is 0 Å². The number of anilines is 1. The Kier molecular flexibility index (Phi) is 4.10. The highest BCUT2D eigenvalue weighted by atomic mass is 16.2. The van der Waals surface area contributed by atoms with Crippen LogP contribution in [0.25, 0.3) is 0 Å². The molecule has 1 fully saturated rings. The fourth-order valence-electron chi connectivity index (χ4n) is 2.29. The molecule has 1 aliphatic rings. The summed E-state index contributed by atoms with van der Waals surface area (Å²) in [6, 6.07) is 3.36. The predicted molar refractivity (Wildman–Crippen MR) is 80.2 cm³/mol. The summed E-state index contributed by atoms with van der Waals surface area (Å²) in [5, 5.41) is 0. The van der Waals surface area contributed by atoms with Crippen molar-refractivity contribution in [2.45, 2.75) is 27.2 Å². The Morgan fingerprint density at radius 2 is 2.19 bits per heavy atom. The van der Waals surface area contributed by atoms with Crippen molar-refractivity contribution < 1.29 is 9.59 Å². The molecule has 1 saturated heterocycles. The molecule has 21 heavy (non-hydrogen) atoms. The summed E-state index contributed by atoms with van der Waals surface area (Å²) < 4.78 is 0. The summed E-state index contributed by atoms with van der Waals surface area (Å²) in [7, 11) is 0. The first kappa shape index (κ1) is 15.2. The van der Waals surface area contributed by atoms with E-state index in [0.29, 0.717) is 11.4 Å². The van der Waals surface area contributed by atoms with E-state index in [9.17, 15) is 9.59 Å². The van der Waals surface area contributed by atoms with E-state index in [4.69, 9.17) is 5.73 Å². The van der Waals surface area contributed by atoms with Gasteiger partial charge in [-0.25, -0.2) is 9.88 Å². The molecule has 1 unspecified atom stereocenters. The predicted octanol–water partition coefficient (Wildman–Crippen LogP) is 1.32. The molecular formula is C16H19N3O2. The molecule has 2 amide bonds. The average molecular weight is 285 g/mol. The third-order valence-corrected chi connectivity index (χ3v) is 4.04. The maximum atomic E-state index is 12.6. The van der Waals surface area contributed by atoms with Crippen LogP contribution in [0.5, 0.6) is 0 Å². The number of aromatic nitrogens is 1. The maximum Gasteiger partial charge on any atom is 0.241 e. The molecule has 0 saturated carbocycles. The molecule has 2 heterocycles. The zero-order valence-corrected chi connectivity index (χ0v) is 12.5. The number of pyridine rings is 1. The minimum Gasteiger partial charge on any atom is -0.320 e. The van der Waals surface area contributed by atoms with E-state index >= 15 is 0 Å². The molecule has 0 aromatic carbocycles. The van der Waals surface area contributed by atoms with E-state index in [1.165, 1.54) is 4.90 Å². The van der Waals surface area contributed by atoms with Crippen LogP contribution in [0.4, 0.5) is 5.82 Å². The van der Waals surface area contributed by atoms with Crippen LogP contribution in [0.1, 0.15) is 32.8 Å². The van der Waals surface area contributed by atoms with E-state index in [-0.39, 0.29) is 30.7 Å². The second kappa shape index (κ2) is 5.66. The standard InChI is InChI=1S/C16H19N3O2/c1-11(2)16(3)10-14(20)19(15(16)21)13-9-12(5-4-7-17)6-8-18-13/h6,8-9,11H,7,10,17H2,1-3H3. The fourth-order valence-corrected chi connectivity index (χ4v) is 2.29. The van der Waals surface area contributed by atoms with Gasteiger partial charge < -0.3 is 5.73 Å². The highest BCUT2D eigenvalue weighted by Gasteiger charge is 2.50. The van der Waals surface area contributed by atoms with E-state index in [0.717, 1.165) is 0 Å². The number of amides is 2. The Bertz CT molecular complexity index is 642. The highest BCUT2D eigenvalue weighted by Crippen LogP contribution is 2.40. The third kappa shape index (κ3) is 2.67. The summed E-state index contributed by atoms with van der Waals surface area (Å²) >= 11 is 0. The molecule has 5 nitrogen and oxygen atoms in total. The molecule has 1 aliphatic heterocycles. The molecule has 0 spiro atoms. The molecule has 0 radical (unpaired) electrons. The number of rotatable bonds is 2. The quantitative estimate of drug-likeness (QED) is 0.656. The smallest absolute Gasteiger partial charge is 0.241 e. The minimum atomic E-state index is -0.669. The molecule has 110 valence electrons. The number of hydrogen-bond donors (Lipinski definition) is 1. The van der Waals surface area contributed by atoms with Gasteiger partial charge in [-0.3, -0.25) is 9.59 Å². The topological polar surface area (TPSA) is 76.3 Å². The first-order valence-corrected chi connectivity index (χ1v) is 6.92. The second-order valence-corrected chi connectivity index (χ2v) is 5.69. The number of hydrogen-bond acceptors (Lipinski definition) is 4. The largest absolute Gasteiger partial charge is 0.320 e. The van der Waals surface area contributed by atoms with E-state index < -0.39 is 5.41 Å². The van der Waals surface area contributed by atoms with Crippen LogP contribution >= 0.6 is 0 Å². The third-order valence-electron chi connectivity index (χ3n) is 4.04. The lowest BCUT2D eigenvalue weighted by Crippen LogP contribution is -2.37. The van der Waals surface area contributed by atoms with Crippen molar-refractivity contribution in [3.8, 4) is 11.8 Å². The van der Waals surface area contributed by atoms with Gasteiger partial charge in [0.2, 0.25) is 11.8 Å². The van der Waals surface area contributed by atoms with Crippen LogP contribution in [-0.4, -0.2) is 23.3 Å². The van der Waals surface area contributed by atoms with Gasteiger partial charge in [-0.15, -0.1) is 0 Å². The summed E-state index contributed by atoms with van der Waals surface area (Å²) in [5.74, 6) is 5.62.